The van der Waals surface area contributed by atoms with Crippen LogP contribution >= 0.6 is 0 Å². The molecule has 20 heteroatoms. The molecule has 0 N–H and O–H groups in total. The van der Waals surface area contributed by atoms with Crippen LogP contribution < -0.4 is 0 Å². The van der Waals surface area contributed by atoms with Gasteiger partial charge >= 0.3 is 36.3 Å². The summed E-state index contributed by atoms with van der Waals surface area (Å²) in [6.07, 6.45) is 10.9. The molecule has 0 aromatic carbocycles. The van der Waals surface area contributed by atoms with Gasteiger partial charge in [-0.05, 0) is 157 Å². The third kappa shape index (κ3) is 15.6. The molecule has 0 radical (unpaired) electrons. The predicted molar refractivity (Wildman–Crippen MR) is 281 cm³/mol. The van der Waals surface area contributed by atoms with E-state index in [9.17, 15) is 28.8 Å². The normalized spacial score (nSPS) is 19.8. The largest absolute Gasteiger partial charge is 0.468 e. The summed E-state index contributed by atoms with van der Waals surface area (Å²) < 4.78 is 36.0. The molecule has 0 spiro atoms. The summed E-state index contributed by atoms with van der Waals surface area (Å²) >= 11 is 0. The number of ether oxygens (including phenoxy) is 6. The van der Waals surface area contributed by atoms with Crippen molar-refractivity contribution in [2.24, 2.45) is 23.7 Å². The van der Waals surface area contributed by atoms with Crippen molar-refractivity contribution in [1.82, 2.24) is 38.9 Å². The SMILES string of the molecule is CC[C@H](C[C@@H]1C[C@@]1(C(=O)OC)c1cn(-c2ccccn2)cn1)CN(C(=O)OC(C)(C)C)C(=O)OC(C)(C)C.CC[C@H](C[C@H]1C[C@]1(C(=O)OC)c1cn(-c2ccccn2)cn1)CN(C(=O)OC(C)(C)C)C(=O)OC(C)(C)C. The van der Waals surface area contributed by atoms with E-state index in [0.29, 0.717) is 61.5 Å². The molecular weight excluding hydrogens is 977 g/mol. The first-order valence-electron chi connectivity index (χ1n) is 26.0. The van der Waals surface area contributed by atoms with E-state index in [2.05, 4.69) is 19.9 Å². The van der Waals surface area contributed by atoms with E-state index in [1.165, 1.54) is 14.2 Å². The van der Waals surface area contributed by atoms with Crippen LogP contribution in [0.2, 0.25) is 0 Å². The minimum Gasteiger partial charge on any atom is -0.468 e. The fourth-order valence-electron chi connectivity index (χ4n) is 9.08. The summed E-state index contributed by atoms with van der Waals surface area (Å²) in [6.45, 7) is 25.1. The van der Waals surface area contributed by atoms with Gasteiger partial charge in [0.15, 0.2) is 0 Å². The molecule has 4 aromatic rings. The molecule has 4 amide bonds. The molecule has 0 aliphatic heterocycles. The van der Waals surface area contributed by atoms with Gasteiger partial charge in [-0.25, -0.2) is 48.9 Å². The van der Waals surface area contributed by atoms with Gasteiger partial charge in [0, 0.05) is 37.9 Å². The van der Waals surface area contributed by atoms with E-state index in [1.54, 1.807) is 117 Å². The Bertz CT molecular complexity index is 2390. The van der Waals surface area contributed by atoms with Gasteiger partial charge in [-0.1, -0.05) is 38.8 Å². The highest BCUT2D eigenvalue weighted by Crippen LogP contribution is 2.59. The molecule has 76 heavy (non-hydrogen) atoms. The van der Waals surface area contributed by atoms with E-state index in [0.717, 1.165) is 9.80 Å². The minimum atomic E-state index is -0.884. The number of imide groups is 2. The molecule has 2 fully saturated rings. The van der Waals surface area contributed by atoms with Gasteiger partial charge in [-0.15, -0.1) is 0 Å². The van der Waals surface area contributed by atoms with Crippen molar-refractivity contribution in [3.8, 4) is 11.6 Å². The number of aromatic nitrogens is 6. The first kappa shape index (κ1) is 60.0. The lowest BCUT2D eigenvalue weighted by Crippen LogP contribution is -2.45. The minimum absolute atomic E-state index is 0.0638. The first-order valence-corrected chi connectivity index (χ1v) is 26.0. The average molecular weight is 1060 g/mol. The quantitative estimate of drug-likeness (QED) is 0.0751. The maximum Gasteiger partial charge on any atom is 0.419 e. The molecule has 0 bridgehead atoms. The summed E-state index contributed by atoms with van der Waals surface area (Å²) in [7, 11) is 2.75. The first-order chi connectivity index (χ1) is 35.4. The number of nitrogens with zero attached hydrogens (tertiary/aromatic N) is 8. The Morgan fingerprint density at radius 3 is 1.11 bits per heavy atom. The van der Waals surface area contributed by atoms with Crippen LogP contribution in [-0.2, 0) is 48.8 Å². The maximum absolute atomic E-state index is 13.0. The summed E-state index contributed by atoms with van der Waals surface area (Å²) in [5, 5.41) is 0. The van der Waals surface area contributed by atoms with Crippen molar-refractivity contribution in [3.63, 3.8) is 0 Å². The van der Waals surface area contributed by atoms with E-state index in [1.807, 2.05) is 62.6 Å². The Kier molecular flexibility index (Phi) is 18.9. The van der Waals surface area contributed by atoms with Gasteiger partial charge in [0.05, 0.1) is 25.6 Å². The van der Waals surface area contributed by atoms with Crippen LogP contribution in [0.1, 0.15) is 147 Å². The summed E-state index contributed by atoms with van der Waals surface area (Å²) in [4.78, 5) is 97.8. The van der Waals surface area contributed by atoms with Crippen molar-refractivity contribution in [1.29, 1.82) is 0 Å². The van der Waals surface area contributed by atoms with Crippen molar-refractivity contribution < 1.29 is 57.2 Å². The molecule has 0 saturated heterocycles. The molecular formula is C56H80N8O12. The number of imidazole rings is 2. The molecule has 4 aromatic heterocycles. The lowest BCUT2D eigenvalue weighted by molar-refractivity contribution is -0.145. The van der Waals surface area contributed by atoms with E-state index < -0.39 is 57.6 Å². The van der Waals surface area contributed by atoms with E-state index >= 15 is 0 Å². The molecule has 20 nitrogen and oxygen atoms in total. The lowest BCUT2D eigenvalue weighted by Gasteiger charge is -2.30. The lowest BCUT2D eigenvalue weighted by atomic mass is 9.92. The van der Waals surface area contributed by atoms with Gasteiger partial charge in [0.2, 0.25) is 0 Å². The summed E-state index contributed by atoms with van der Waals surface area (Å²) in [5.74, 6) is 0.381. The standard InChI is InChI=1S/2C28H40N4O6/c2*1-9-19(16-32(24(34)37-26(2,3)4)25(35)38-27(5,6)7)14-20-15-28(20,23(33)36-8)21-17-31(18-30-21)22-12-10-11-13-29-22/h2*10-13,17-20H,9,14-16H2,1-8H3/t19-,20+,28-;19-,20-,28+/m11/s1. The second-order valence-corrected chi connectivity index (χ2v) is 23.6. The number of esters is 2. The maximum atomic E-state index is 13.0. The Morgan fingerprint density at radius 1 is 0.539 bits per heavy atom. The summed E-state index contributed by atoms with van der Waals surface area (Å²) in [5.41, 5.74) is -3.64. The van der Waals surface area contributed by atoms with Gasteiger partial charge in [0.25, 0.3) is 0 Å². The van der Waals surface area contributed by atoms with Crippen molar-refractivity contribution in [2.45, 2.75) is 169 Å². The average Bonchev–Trinajstić information content (AvgIpc) is 4.05. The van der Waals surface area contributed by atoms with Crippen LogP contribution in [-0.4, -0.2) is 125 Å². The highest BCUT2D eigenvalue weighted by Gasteiger charge is 2.65. The van der Waals surface area contributed by atoms with Crippen LogP contribution in [0.25, 0.3) is 11.6 Å². The fraction of sp³-hybridized carbons (Fsp3) is 0.607. The molecule has 2 aliphatic carbocycles. The van der Waals surface area contributed by atoms with Crippen LogP contribution in [0.15, 0.2) is 73.8 Å². The second-order valence-electron chi connectivity index (χ2n) is 23.6. The van der Waals surface area contributed by atoms with Crippen LogP contribution in [0.3, 0.4) is 0 Å². The number of carbonyl (C=O) groups is 6. The Balaban J connectivity index is 0.000000281. The number of hydrogen-bond acceptors (Lipinski definition) is 16. The van der Waals surface area contributed by atoms with Crippen LogP contribution in [0.5, 0.6) is 0 Å². The van der Waals surface area contributed by atoms with Crippen molar-refractivity contribution >= 4 is 36.3 Å². The number of carbonyl (C=O) groups excluding carboxylic acids is 6. The molecule has 6 atom stereocenters. The number of rotatable bonds is 16. The number of hydrogen-bond donors (Lipinski definition) is 0. The predicted octanol–water partition coefficient (Wildman–Crippen LogP) is 10.6. The topological polar surface area (TPSA) is 226 Å². The highest BCUT2D eigenvalue weighted by atomic mass is 16.6. The zero-order chi connectivity index (χ0) is 56.6. The van der Waals surface area contributed by atoms with Crippen LogP contribution in [0, 0.1) is 23.7 Å². The van der Waals surface area contributed by atoms with Gasteiger partial charge in [0.1, 0.15) is 57.5 Å². The zero-order valence-corrected chi connectivity index (χ0v) is 47.4. The molecule has 2 saturated carbocycles. The third-order valence-electron chi connectivity index (χ3n) is 12.9. The number of pyridine rings is 2. The number of methoxy groups -OCH3 is 2. The monoisotopic (exact) mass is 1060 g/mol. The second kappa shape index (κ2) is 24.0. The molecule has 0 unspecified atom stereocenters. The number of amides is 4. The van der Waals surface area contributed by atoms with E-state index in [-0.39, 0.29) is 48.7 Å². The third-order valence-corrected chi connectivity index (χ3v) is 12.9. The van der Waals surface area contributed by atoms with Gasteiger partial charge in [-0.3, -0.25) is 18.7 Å². The smallest absolute Gasteiger partial charge is 0.419 e. The molecule has 416 valence electrons. The molecule has 6 rings (SSSR count). The van der Waals surface area contributed by atoms with Crippen molar-refractivity contribution in [3.05, 3.63) is 85.2 Å². The highest BCUT2D eigenvalue weighted by molar-refractivity contribution is 5.89. The van der Waals surface area contributed by atoms with E-state index in [4.69, 9.17) is 28.4 Å². The fourth-order valence-corrected chi connectivity index (χ4v) is 9.08. The van der Waals surface area contributed by atoms with Crippen molar-refractivity contribution in [2.75, 3.05) is 27.3 Å². The van der Waals surface area contributed by atoms with Gasteiger partial charge < -0.3 is 28.4 Å². The Hall–Kier alpha value is -6.86. The molecule has 2 aliphatic rings. The Labute approximate surface area is 447 Å². The summed E-state index contributed by atoms with van der Waals surface area (Å²) in [6, 6.07) is 11.1. The van der Waals surface area contributed by atoms with Gasteiger partial charge in [-0.2, -0.15) is 0 Å². The molecule has 4 heterocycles. The Morgan fingerprint density at radius 2 is 0.855 bits per heavy atom. The van der Waals surface area contributed by atoms with Crippen LogP contribution in [0.4, 0.5) is 19.2 Å². The zero-order valence-electron chi connectivity index (χ0n) is 47.4.